The summed E-state index contributed by atoms with van der Waals surface area (Å²) in [5.74, 6) is -2.04. The lowest BCUT2D eigenvalue weighted by Gasteiger charge is -2.13. The minimum Gasteiger partial charge on any atom is -0.319 e. The number of nitrogens with two attached hydrogens (primary N) is 1. The summed E-state index contributed by atoms with van der Waals surface area (Å²) in [6.45, 7) is 1.36. The molecule has 0 radical (unpaired) electrons. The third-order valence-corrected chi connectivity index (χ3v) is 1.92. The van der Waals surface area contributed by atoms with Crippen molar-refractivity contribution in [2.75, 3.05) is 0 Å². The quantitative estimate of drug-likeness (QED) is 0.741. The van der Waals surface area contributed by atoms with Crippen molar-refractivity contribution in [3.8, 4) is 0 Å². The first-order chi connectivity index (χ1) is 6.45. The van der Waals surface area contributed by atoms with Crippen LogP contribution in [0, 0.1) is 18.6 Å². The van der Waals surface area contributed by atoms with E-state index in [0.717, 1.165) is 6.07 Å². The van der Waals surface area contributed by atoms with Gasteiger partial charge in [-0.25, -0.2) is 17.6 Å². The van der Waals surface area contributed by atoms with Gasteiger partial charge in [-0.15, -0.1) is 0 Å². The molecule has 14 heavy (non-hydrogen) atoms. The molecular weight excluding hydrogens is 198 g/mol. The summed E-state index contributed by atoms with van der Waals surface area (Å²) >= 11 is 0. The number of rotatable bonds is 2. The molecule has 0 saturated carbocycles. The molecule has 0 heterocycles. The number of alkyl halides is 2. The van der Waals surface area contributed by atoms with Crippen LogP contribution in [0.4, 0.5) is 17.6 Å². The minimum absolute atomic E-state index is 0.0949. The minimum atomic E-state index is -2.99. The van der Waals surface area contributed by atoms with Gasteiger partial charge in [0.1, 0.15) is 11.6 Å². The van der Waals surface area contributed by atoms with Gasteiger partial charge in [0.15, 0.2) is 0 Å². The van der Waals surface area contributed by atoms with Gasteiger partial charge in [-0.05, 0) is 18.6 Å². The summed E-state index contributed by atoms with van der Waals surface area (Å²) in [6.07, 6.45) is -2.99. The average Bonchev–Trinajstić information content (AvgIpc) is 2.12. The lowest BCUT2D eigenvalue weighted by Crippen LogP contribution is -2.22. The van der Waals surface area contributed by atoms with Crippen molar-refractivity contribution in [1.29, 1.82) is 0 Å². The van der Waals surface area contributed by atoms with Crippen LogP contribution in [-0.4, -0.2) is 6.43 Å². The van der Waals surface area contributed by atoms with Gasteiger partial charge in [-0.3, -0.25) is 0 Å². The smallest absolute Gasteiger partial charge is 0.257 e. The van der Waals surface area contributed by atoms with Crippen LogP contribution in [0.15, 0.2) is 12.1 Å². The zero-order chi connectivity index (χ0) is 10.9. The molecular formula is C9H9F4N. The SMILES string of the molecule is Cc1ccc(F)c([C@H](N)C(F)F)c1F. The van der Waals surface area contributed by atoms with Crippen molar-refractivity contribution in [2.45, 2.75) is 19.4 Å². The van der Waals surface area contributed by atoms with Crippen molar-refractivity contribution in [2.24, 2.45) is 5.73 Å². The van der Waals surface area contributed by atoms with E-state index in [1.54, 1.807) is 0 Å². The predicted molar refractivity (Wildman–Crippen MR) is 44.0 cm³/mol. The average molecular weight is 207 g/mol. The molecule has 0 saturated heterocycles. The highest BCUT2D eigenvalue weighted by Crippen LogP contribution is 2.25. The van der Waals surface area contributed by atoms with Crippen LogP contribution < -0.4 is 5.73 Å². The van der Waals surface area contributed by atoms with E-state index in [1.165, 1.54) is 13.0 Å². The molecule has 2 N–H and O–H groups in total. The molecule has 1 rings (SSSR count). The first-order valence-electron chi connectivity index (χ1n) is 3.93. The maximum Gasteiger partial charge on any atom is 0.257 e. The van der Waals surface area contributed by atoms with E-state index < -0.39 is 29.7 Å². The summed E-state index contributed by atoms with van der Waals surface area (Å²) in [6, 6.07) is 0.178. The number of halogens is 4. The van der Waals surface area contributed by atoms with Crippen LogP contribution in [-0.2, 0) is 0 Å². The molecule has 0 unspecified atom stereocenters. The van der Waals surface area contributed by atoms with Crippen molar-refractivity contribution in [1.82, 2.24) is 0 Å². The first-order valence-corrected chi connectivity index (χ1v) is 3.93. The van der Waals surface area contributed by atoms with Gasteiger partial charge >= 0.3 is 0 Å². The van der Waals surface area contributed by atoms with Gasteiger partial charge < -0.3 is 5.73 Å². The van der Waals surface area contributed by atoms with Gasteiger partial charge in [0.2, 0.25) is 0 Å². The van der Waals surface area contributed by atoms with Gasteiger partial charge in [0.05, 0.1) is 6.04 Å². The second-order valence-corrected chi connectivity index (χ2v) is 2.95. The Morgan fingerprint density at radius 1 is 1.21 bits per heavy atom. The fourth-order valence-corrected chi connectivity index (χ4v) is 1.11. The highest BCUT2D eigenvalue weighted by atomic mass is 19.3. The van der Waals surface area contributed by atoms with Gasteiger partial charge in [-0.1, -0.05) is 6.07 Å². The molecule has 1 atom stereocenters. The molecule has 78 valence electrons. The predicted octanol–water partition coefficient (Wildman–Crippen LogP) is 2.54. The maximum absolute atomic E-state index is 13.2. The van der Waals surface area contributed by atoms with Crippen LogP contribution >= 0.6 is 0 Å². The monoisotopic (exact) mass is 207 g/mol. The molecule has 0 spiro atoms. The van der Waals surface area contributed by atoms with E-state index in [-0.39, 0.29) is 5.56 Å². The summed E-state index contributed by atoms with van der Waals surface area (Å²) < 4.78 is 50.5. The fraction of sp³-hybridized carbons (Fsp3) is 0.333. The van der Waals surface area contributed by atoms with Crippen LogP contribution in [0.1, 0.15) is 17.2 Å². The number of benzene rings is 1. The highest BCUT2D eigenvalue weighted by Gasteiger charge is 2.25. The van der Waals surface area contributed by atoms with E-state index in [1.807, 2.05) is 0 Å². The summed E-state index contributed by atoms with van der Waals surface area (Å²) in [4.78, 5) is 0. The lowest BCUT2D eigenvalue weighted by atomic mass is 10.0. The molecule has 0 fully saturated rings. The Hall–Kier alpha value is -1.10. The zero-order valence-corrected chi connectivity index (χ0v) is 7.40. The van der Waals surface area contributed by atoms with E-state index in [2.05, 4.69) is 0 Å². The van der Waals surface area contributed by atoms with Crippen LogP contribution in [0.25, 0.3) is 0 Å². The van der Waals surface area contributed by atoms with Crippen molar-refractivity contribution < 1.29 is 17.6 Å². The van der Waals surface area contributed by atoms with Crippen molar-refractivity contribution >= 4 is 0 Å². The third-order valence-electron chi connectivity index (χ3n) is 1.92. The molecule has 0 amide bonds. The Bertz CT molecular complexity index is 338. The van der Waals surface area contributed by atoms with Crippen molar-refractivity contribution in [3.63, 3.8) is 0 Å². The molecule has 0 aromatic heterocycles. The van der Waals surface area contributed by atoms with Crippen LogP contribution in [0.2, 0.25) is 0 Å². The second kappa shape index (κ2) is 3.96. The summed E-state index contributed by atoms with van der Waals surface area (Å²) in [5.41, 5.74) is 4.32. The fourth-order valence-electron chi connectivity index (χ4n) is 1.11. The van der Waals surface area contributed by atoms with Gasteiger partial charge in [-0.2, -0.15) is 0 Å². The molecule has 0 bridgehead atoms. The summed E-state index contributed by atoms with van der Waals surface area (Å²) in [5, 5.41) is 0. The molecule has 1 aromatic carbocycles. The van der Waals surface area contributed by atoms with E-state index >= 15 is 0 Å². The molecule has 5 heteroatoms. The Balaban J connectivity index is 3.25. The number of hydrogen-bond acceptors (Lipinski definition) is 1. The molecule has 0 aliphatic carbocycles. The summed E-state index contributed by atoms with van der Waals surface area (Å²) in [7, 11) is 0. The molecule has 1 nitrogen and oxygen atoms in total. The Kier molecular flexibility index (Phi) is 3.10. The van der Waals surface area contributed by atoms with E-state index in [0.29, 0.717) is 0 Å². The number of aryl methyl sites for hydroxylation is 1. The largest absolute Gasteiger partial charge is 0.319 e. The number of hydrogen-bond donors (Lipinski definition) is 1. The molecule has 0 aliphatic heterocycles. The van der Waals surface area contributed by atoms with E-state index in [4.69, 9.17) is 5.73 Å². The van der Waals surface area contributed by atoms with Gasteiger partial charge in [0, 0.05) is 5.56 Å². The topological polar surface area (TPSA) is 26.0 Å². The normalized spacial score (nSPS) is 13.4. The third kappa shape index (κ3) is 1.87. The maximum atomic E-state index is 13.2. The second-order valence-electron chi connectivity index (χ2n) is 2.95. The zero-order valence-electron chi connectivity index (χ0n) is 7.40. The Morgan fingerprint density at radius 3 is 2.29 bits per heavy atom. The lowest BCUT2D eigenvalue weighted by molar-refractivity contribution is 0.113. The Morgan fingerprint density at radius 2 is 1.79 bits per heavy atom. The molecule has 1 aromatic rings. The van der Waals surface area contributed by atoms with Crippen molar-refractivity contribution in [3.05, 3.63) is 34.9 Å². The Labute approximate surface area is 78.5 Å². The standard InChI is InChI=1S/C9H9F4N/c1-4-2-3-5(10)6(7(4)11)8(14)9(12)13/h2-3,8-9H,14H2,1H3/t8-/m0/s1. The molecule has 0 aliphatic rings. The van der Waals surface area contributed by atoms with Gasteiger partial charge in [0.25, 0.3) is 6.43 Å². The van der Waals surface area contributed by atoms with Crippen LogP contribution in [0.5, 0.6) is 0 Å². The highest BCUT2D eigenvalue weighted by molar-refractivity contribution is 5.29. The first kappa shape index (κ1) is 11.0. The van der Waals surface area contributed by atoms with E-state index in [9.17, 15) is 17.6 Å². The van der Waals surface area contributed by atoms with Crippen LogP contribution in [0.3, 0.4) is 0 Å².